The van der Waals surface area contributed by atoms with E-state index in [0.717, 1.165) is 18.4 Å². The first kappa shape index (κ1) is 19.0. The first-order valence-corrected chi connectivity index (χ1v) is 10.1. The van der Waals surface area contributed by atoms with Crippen molar-refractivity contribution in [3.63, 3.8) is 0 Å². The fourth-order valence-electron chi connectivity index (χ4n) is 7.34. The van der Waals surface area contributed by atoms with Crippen molar-refractivity contribution in [3.8, 4) is 0 Å². The van der Waals surface area contributed by atoms with E-state index < -0.39 is 29.5 Å². The number of hydrogen-bond acceptors (Lipinski definition) is 5. The highest BCUT2D eigenvalue weighted by atomic mass is 16.3. The summed E-state index contributed by atoms with van der Waals surface area (Å²) in [5, 5.41) is 31.9. The summed E-state index contributed by atoms with van der Waals surface area (Å²) in [6, 6.07) is 0. The van der Waals surface area contributed by atoms with Crippen molar-refractivity contribution < 1.29 is 24.9 Å². The van der Waals surface area contributed by atoms with Crippen molar-refractivity contribution in [1.82, 2.24) is 0 Å². The summed E-state index contributed by atoms with van der Waals surface area (Å²) < 4.78 is 0. The number of carbonyl (C=O) groups is 2. The van der Waals surface area contributed by atoms with Crippen LogP contribution in [-0.4, -0.2) is 45.2 Å². The van der Waals surface area contributed by atoms with E-state index in [1.54, 1.807) is 12.2 Å². The minimum absolute atomic E-state index is 0.00620. The van der Waals surface area contributed by atoms with Gasteiger partial charge in [0.15, 0.2) is 11.6 Å². The van der Waals surface area contributed by atoms with Gasteiger partial charge in [-0.1, -0.05) is 32.4 Å². The normalized spacial score (nSPS) is 51.3. The molecular weight excluding hydrogens is 344 g/mol. The second-order valence-corrected chi connectivity index (χ2v) is 9.72. The zero-order chi connectivity index (χ0) is 19.8. The van der Waals surface area contributed by atoms with Crippen LogP contribution >= 0.6 is 0 Å². The summed E-state index contributed by atoms with van der Waals surface area (Å²) in [6.07, 6.45) is 6.87. The summed E-state index contributed by atoms with van der Waals surface area (Å²) in [5.74, 6) is -0.0768. The minimum atomic E-state index is -1.57. The molecule has 0 spiro atoms. The largest absolute Gasteiger partial charge is 0.393 e. The number of carbonyl (C=O) groups excluding carboxylic acids is 2. The number of ketones is 2. The fraction of sp³-hybridized carbons (Fsp3) is 0.727. The zero-order valence-electron chi connectivity index (χ0n) is 16.3. The van der Waals surface area contributed by atoms with Gasteiger partial charge in [0.1, 0.15) is 12.2 Å². The lowest BCUT2D eigenvalue weighted by Crippen LogP contribution is -2.62. The van der Waals surface area contributed by atoms with Gasteiger partial charge in [-0.2, -0.15) is 0 Å². The molecule has 0 aliphatic heterocycles. The number of hydrogen-bond donors (Lipinski definition) is 3. The van der Waals surface area contributed by atoms with Crippen LogP contribution < -0.4 is 0 Å². The molecule has 0 saturated heterocycles. The lowest BCUT2D eigenvalue weighted by molar-refractivity contribution is -0.180. The van der Waals surface area contributed by atoms with Crippen LogP contribution in [0.4, 0.5) is 0 Å². The minimum Gasteiger partial charge on any atom is -0.393 e. The molecule has 4 aliphatic rings. The molecule has 4 aliphatic carbocycles. The first-order chi connectivity index (χ1) is 12.6. The molecule has 5 nitrogen and oxygen atoms in total. The predicted molar refractivity (Wildman–Crippen MR) is 99.6 cm³/mol. The van der Waals surface area contributed by atoms with Crippen LogP contribution in [0, 0.1) is 34.5 Å². The maximum absolute atomic E-state index is 12.4. The number of rotatable bonds is 2. The molecule has 0 aromatic rings. The molecule has 3 N–H and O–H groups in total. The van der Waals surface area contributed by atoms with Crippen LogP contribution in [0.25, 0.3) is 0 Å². The van der Waals surface area contributed by atoms with Crippen LogP contribution in [0.3, 0.4) is 0 Å². The third kappa shape index (κ3) is 2.28. The van der Waals surface area contributed by atoms with E-state index in [-0.39, 0.29) is 34.9 Å². The molecule has 27 heavy (non-hydrogen) atoms. The van der Waals surface area contributed by atoms with Crippen molar-refractivity contribution in [2.24, 2.45) is 34.5 Å². The molecule has 0 aromatic carbocycles. The number of Topliss-reactive ketones (excluding diaryl/α,β-unsaturated/α-hetero) is 1. The highest BCUT2D eigenvalue weighted by Gasteiger charge is 2.68. The maximum Gasteiger partial charge on any atom is 0.190 e. The summed E-state index contributed by atoms with van der Waals surface area (Å²) in [7, 11) is 0. The Bertz CT molecular complexity index is 754. The van der Waals surface area contributed by atoms with Crippen molar-refractivity contribution in [3.05, 3.63) is 23.8 Å². The molecule has 0 unspecified atom stereocenters. The molecule has 4 rings (SSSR count). The quantitative estimate of drug-likeness (QED) is 0.685. The van der Waals surface area contributed by atoms with E-state index in [4.69, 9.17) is 0 Å². The average Bonchev–Trinajstić information content (AvgIpc) is 2.87. The van der Waals surface area contributed by atoms with Crippen LogP contribution in [0.1, 0.15) is 46.5 Å². The van der Waals surface area contributed by atoms with Gasteiger partial charge < -0.3 is 15.3 Å². The van der Waals surface area contributed by atoms with E-state index in [0.29, 0.717) is 12.8 Å². The van der Waals surface area contributed by atoms with E-state index in [2.05, 4.69) is 13.8 Å². The van der Waals surface area contributed by atoms with E-state index in [1.807, 2.05) is 13.0 Å². The number of allylic oxidation sites excluding steroid dienone is 4. The summed E-state index contributed by atoms with van der Waals surface area (Å²) in [5.41, 5.74) is -1.59. The Hall–Kier alpha value is -1.30. The average molecular weight is 374 g/mol. The molecule has 0 amide bonds. The van der Waals surface area contributed by atoms with Crippen LogP contribution in [0.15, 0.2) is 23.8 Å². The van der Waals surface area contributed by atoms with Gasteiger partial charge in [0.2, 0.25) is 0 Å². The second-order valence-electron chi connectivity index (χ2n) is 9.72. The Kier molecular flexibility index (Phi) is 4.12. The van der Waals surface area contributed by atoms with Crippen molar-refractivity contribution in [2.45, 2.75) is 58.2 Å². The standard InChI is InChI=1S/C22H30O5/c1-12-8-14-15-5-7-22(27,18(26)11-23)21(15,3)10-17(25)19(14)20(2)6-4-13(24)9-16(12)20/h4,6,9,12,14-15,17,19,23,25,27H,5,7-8,10-11H2,1-3H3/t12-,14+,15+,17+,19-,20-,21-,22+/m0/s1. The van der Waals surface area contributed by atoms with Gasteiger partial charge in [-0.25, -0.2) is 0 Å². The van der Waals surface area contributed by atoms with Gasteiger partial charge in [0, 0.05) is 16.7 Å². The van der Waals surface area contributed by atoms with Crippen molar-refractivity contribution in [1.29, 1.82) is 0 Å². The van der Waals surface area contributed by atoms with Crippen LogP contribution in [0.2, 0.25) is 0 Å². The molecule has 0 heterocycles. The highest BCUT2D eigenvalue weighted by Crippen LogP contribution is 2.67. The van der Waals surface area contributed by atoms with Crippen LogP contribution in [0.5, 0.6) is 0 Å². The third-order valence-corrected chi connectivity index (χ3v) is 8.57. The topological polar surface area (TPSA) is 94.8 Å². The Morgan fingerprint density at radius 2 is 2.04 bits per heavy atom. The molecule has 5 heteroatoms. The second kappa shape index (κ2) is 5.85. The smallest absolute Gasteiger partial charge is 0.190 e. The Balaban J connectivity index is 1.78. The third-order valence-electron chi connectivity index (χ3n) is 8.57. The van der Waals surface area contributed by atoms with Gasteiger partial charge in [-0.15, -0.1) is 0 Å². The van der Waals surface area contributed by atoms with Gasteiger partial charge >= 0.3 is 0 Å². The lowest BCUT2D eigenvalue weighted by atomic mass is 9.45. The molecule has 8 atom stereocenters. The molecular formula is C22H30O5. The molecule has 3 saturated carbocycles. The first-order valence-electron chi connectivity index (χ1n) is 10.1. The Morgan fingerprint density at radius 3 is 2.70 bits per heavy atom. The summed E-state index contributed by atoms with van der Waals surface area (Å²) in [4.78, 5) is 24.4. The maximum atomic E-state index is 12.4. The molecule has 3 fully saturated rings. The predicted octanol–water partition coefficient (Wildman–Crippen LogP) is 1.80. The molecule has 0 radical (unpaired) electrons. The lowest BCUT2D eigenvalue weighted by Gasteiger charge is -2.60. The number of fused-ring (bicyclic) bond motifs is 5. The van der Waals surface area contributed by atoms with Gasteiger partial charge in [0.05, 0.1) is 6.10 Å². The molecule has 0 bridgehead atoms. The van der Waals surface area contributed by atoms with E-state index >= 15 is 0 Å². The Morgan fingerprint density at radius 1 is 1.33 bits per heavy atom. The molecule has 0 aromatic heterocycles. The summed E-state index contributed by atoms with van der Waals surface area (Å²) >= 11 is 0. The van der Waals surface area contributed by atoms with Crippen molar-refractivity contribution in [2.75, 3.05) is 6.61 Å². The highest BCUT2D eigenvalue weighted by molar-refractivity contribution is 6.01. The van der Waals surface area contributed by atoms with E-state index in [1.165, 1.54) is 0 Å². The molecule has 148 valence electrons. The Labute approximate surface area is 160 Å². The van der Waals surface area contributed by atoms with Crippen molar-refractivity contribution >= 4 is 11.6 Å². The van der Waals surface area contributed by atoms with E-state index in [9.17, 15) is 24.9 Å². The van der Waals surface area contributed by atoms with Gasteiger partial charge in [-0.05, 0) is 55.6 Å². The number of aliphatic hydroxyl groups excluding tert-OH is 2. The fourth-order valence-corrected chi connectivity index (χ4v) is 7.34. The SMILES string of the molecule is C[C@H]1C[C@H]2[C@@H]([C@H](O)C[C@@]3(C)[C@@H]2CC[C@@]3(O)C(=O)CO)[C@@]2(C)C=CC(=O)C=C12. The van der Waals surface area contributed by atoms with Crippen LogP contribution in [-0.2, 0) is 9.59 Å². The van der Waals surface area contributed by atoms with Gasteiger partial charge in [0.25, 0.3) is 0 Å². The van der Waals surface area contributed by atoms with Gasteiger partial charge in [-0.3, -0.25) is 9.59 Å². The summed E-state index contributed by atoms with van der Waals surface area (Å²) in [6.45, 7) is 5.48. The monoisotopic (exact) mass is 374 g/mol. The number of aliphatic hydroxyl groups is 3. The zero-order valence-corrected chi connectivity index (χ0v) is 16.3.